The Morgan fingerprint density at radius 2 is 1.16 bits per heavy atom. The average Bonchev–Trinajstić information content (AvgIpc) is 2.63. The van der Waals surface area contributed by atoms with Crippen LogP contribution in [0.15, 0.2) is 0 Å². The molecule has 2 fully saturated rings. The number of ether oxygens (including phenoxy) is 2. The first-order valence-electron chi connectivity index (χ1n) is 5.61. The van der Waals surface area contributed by atoms with E-state index in [1.807, 2.05) is 0 Å². The van der Waals surface area contributed by atoms with Crippen molar-refractivity contribution in [1.29, 1.82) is 0 Å². The summed E-state index contributed by atoms with van der Waals surface area (Å²) in [6.07, 6.45) is -1.25. The minimum absolute atomic E-state index is 0.116. The van der Waals surface area contributed by atoms with E-state index in [1.165, 1.54) is 0 Å². The van der Waals surface area contributed by atoms with Gasteiger partial charge in [0.15, 0.2) is 19.7 Å². The van der Waals surface area contributed by atoms with Crippen molar-refractivity contribution in [2.75, 3.05) is 29.8 Å². The van der Waals surface area contributed by atoms with Gasteiger partial charge in [-0.15, -0.1) is 23.2 Å². The van der Waals surface area contributed by atoms with Crippen molar-refractivity contribution in [3.05, 3.63) is 0 Å². The number of hydrogen-bond acceptors (Lipinski definition) is 6. The molecule has 2 rings (SSSR count). The second-order valence-electron chi connectivity index (χ2n) is 4.71. The Bertz CT molecular complexity index is 483. The summed E-state index contributed by atoms with van der Waals surface area (Å²) < 4.78 is 55.7. The van der Waals surface area contributed by atoms with Crippen LogP contribution in [0.3, 0.4) is 0 Å². The fourth-order valence-electron chi connectivity index (χ4n) is 2.06. The molecule has 4 atom stereocenters. The number of halogens is 2. The molecule has 0 aliphatic carbocycles. The lowest BCUT2D eigenvalue weighted by Crippen LogP contribution is -2.29. The summed E-state index contributed by atoms with van der Waals surface area (Å²) in [6.45, 7) is -0.215. The molecule has 2 heterocycles. The van der Waals surface area contributed by atoms with Crippen LogP contribution in [0.25, 0.3) is 0 Å². The molecule has 0 aromatic heterocycles. The Hall–Kier alpha value is 0.400. The molecule has 6 nitrogen and oxygen atoms in total. The monoisotopic (exact) mass is 352 g/mol. The van der Waals surface area contributed by atoms with E-state index in [0.717, 1.165) is 0 Å². The molecule has 2 aliphatic heterocycles. The van der Waals surface area contributed by atoms with Crippen molar-refractivity contribution in [3.8, 4) is 0 Å². The van der Waals surface area contributed by atoms with E-state index in [2.05, 4.69) is 0 Å². The molecular formula is C9H14Cl2O6S2. The van der Waals surface area contributed by atoms with Crippen LogP contribution in [-0.2, 0) is 29.1 Å². The predicted octanol–water partition coefficient (Wildman–Crippen LogP) is -0.214. The molecule has 112 valence electrons. The van der Waals surface area contributed by atoms with Crippen LogP contribution in [-0.4, -0.2) is 69.6 Å². The van der Waals surface area contributed by atoms with Crippen molar-refractivity contribution in [1.82, 2.24) is 0 Å². The number of rotatable bonds is 4. The molecule has 0 spiro atoms. The van der Waals surface area contributed by atoms with E-state index in [1.54, 1.807) is 0 Å². The lowest BCUT2D eigenvalue weighted by atomic mass is 10.3. The lowest BCUT2D eigenvalue weighted by molar-refractivity contribution is -0.103. The maximum atomic E-state index is 11.3. The molecule has 0 aromatic carbocycles. The van der Waals surface area contributed by atoms with Gasteiger partial charge in [-0.2, -0.15) is 0 Å². The van der Waals surface area contributed by atoms with E-state index >= 15 is 0 Å². The van der Waals surface area contributed by atoms with Gasteiger partial charge in [0.2, 0.25) is 0 Å². The summed E-state index contributed by atoms with van der Waals surface area (Å²) in [6, 6.07) is 0. The third-order valence-electron chi connectivity index (χ3n) is 3.03. The SMILES string of the molecule is O=S1(=O)C[C@@H](Cl)[C@@H](OCO[C@@H]2CS(=O)(=O)C[C@@H]2Cl)C1. The highest BCUT2D eigenvalue weighted by atomic mass is 35.5. The van der Waals surface area contributed by atoms with Crippen LogP contribution in [0.1, 0.15) is 0 Å². The van der Waals surface area contributed by atoms with Gasteiger partial charge in [-0.3, -0.25) is 0 Å². The standard InChI is InChI=1S/C9H14Cl2O6S2/c10-6-1-18(12,13)3-8(6)16-5-17-9-4-19(14,15)2-7(9)11/h6-9H,1-5H2/t6-,7+,8+,9-. The molecule has 0 aromatic rings. The van der Waals surface area contributed by atoms with Gasteiger partial charge in [0.25, 0.3) is 0 Å². The Labute approximate surface area is 122 Å². The Morgan fingerprint density at radius 1 is 0.789 bits per heavy atom. The molecule has 2 saturated heterocycles. The van der Waals surface area contributed by atoms with Gasteiger partial charge in [-0.1, -0.05) is 0 Å². The molecule has 0 radical (unpaired) electrons. The smallest absolute Gasteiger partial charge is 0.154 e. The first kappa shape index (κ1) is 15.8. The molecule has 2 aliphatic rings. The lowest BCUT2D eigenvalue weighted by Gasteiger charge is -2.17. The van der Waals surface area contributed by atoms with Crippen molar-refractivity contribution >= 4 is 42.9 Å². The second kappa shape index (κ2) is 5.65. The summed E-state index contributed by atoms with van der Waals surface area (Å²) in [5, 5.41) is -1.21. The molecule has 0 saturated carbocycles. The number of sulfone groups is 2. The predicted molar refractivity (Wildman–Crippen MR) is 71.2 cm³/mol. The summed E-state index contributed by atoms with van der Waals surface area (Å²) in [7, 11) is -6.32. The molecule has 19 heavy (non-hydrogen) atoms. The average molecular weight is 353 g/mol. The second-order valence-corrected chi connectivity index (χ2v) is 10.1. The van der Waals surface area contributed by atoms with Crippen molar-refractivity contribution in [2.24, 2.45) is 0 Å². The van der Waals surface area contributed by atoms with E-state index in [4.69, 9.17) is 32.7 Å². The maximum Gasteiger partial charge on any atom is 0.154 e. The molecule has 0 N–H and O–H groups in total. The van der Waals surface area contributed by atoms with Crippen LogP contribution < -0.4 is 0 Å². The highest BCUT2D eigenvalue weighted by Gasteiger charge is 2.39. The summed E-state index contributed by atoms with van der Waals surface area (Å²) in [5.74, 6) is -0.514. The summed E-state index contributed by atoms with van der Waals surface area (Å²) in [5.41, 5.74) is 0. The van der Waals surface area contributed by atoms with E-state index in [-0.39, 0.29) is 29.8 Å². The third-order valence-corrected chi connectivity index (χ3v) is 7.68. The van der Waals surface area contributed by atoms with Gasteiger partial charge in [-0.05, 0) is 0 Å². The number of alkyl halides is 2. The first-order valence-corrected chi connectivity index (χ1v) is 10.1. The van der Waals surface area contributed by atoms with Gasteiger partial charge in [0, 0.05) is 0 Å². The fourth-order valence-corrected chi connectivity index (χ4v) is 7.08. The highest BCUT2D eigenvalue weighted by molar-refractivity contribution is 7.92. The molecule has 10 heteroatoms. The minimum atomic E-state index is -3.16. The topological polar surface area (TPSA) is 86.7 Å². The first-order chi connectivity index (χ1) is 8.69. The van der Waals surface area contributed by atoms with Crippen molar-refractivity contribution in [3.63, 3.8) is 0 Å². The molecular weight excluding hydrogens is 339 g/mol. The van der Waals surface area contributed by atoms with Crippen LogP contribution in [0.5, 0.6) is 0 Å². The molecule has 0 unspecified atom stereocenters. The Kier molecular flexibility index (Phi) is 4.69. The normalized spacial score (nSPS) is 40.5. The summed E-state index contributed by atoms with van der Waals surface area (Å²) in [4.78, 5) is 0. The van der Waals surface area contributed by atoms with Crippen molar-refractivity contribution < 1.29 is 26.3 Å². The van der Waals surface area contributed by atoms with Crippen LogP contribution >= 0.6 is 23.2 Å². The quantitative estimate of drug-likeness (QED) is 0.513. The van der Waals surface area contributed by atoms with Gasteiger partial charge in [0.05, 0.1) is 46.0 Å². The van der Waals surface area contributed by atoms with Crippen LogP contribution in [0, 0.1) is 0 Å². The molecule has 0 bridgehead atoms. The zero-order valence-electron chi connectivity index (χ0n) is 9.87. The van der Waals surface area contributed by atoms with E-state index < -0.39 is 42.6 Å². The van der Waals surface area contributed by atoms with E-state index in [9.17, 15) is 16.8 Å². The minimum Gasteiger partial charge on any atom is -0.350 e. The zero-order valence-corrected chi connectivity index (χ0v) is 13.0. The fraction of sp³-hybridized carbons (Fsp3) is 1.00. The van der Waals surface area contributed by atoms with Gasteiger partial charge in [0.1, 0.15) is 6.79 Å². The Balaban J connectivity index is 1.79. The Morgan fingerprint density at radius 3 is 1.42 bits per heavy atom. The van der Waals surface area contributed by atoms with Crippen molar-refractivity contribution in [2.45, 2.75) is 23.0 Å². The van der Waals surface area contributed by atoms with Gasteiger partial charge < -0.3 is 9.47 Å². The largest absolute Gasteiger partial charge is 0.350 e. The van der Waals surface area contributed by atoms with E-state index in [0.29, 0.717) is 0 Å². The van der Waals surface area contributed by atoms with Crippen LogP contribution in [0.4, 0.5) is 0 Å². The zero-order chi connectivity index (χ0) is 14.3. The highest BCUT2D eigenvalue weighted by Crippen LogP contribution is 2.23. The third kappa shape index (κ3) is 4.18. The maximum absolute atomic E-state index is 11.3. The molecule has 0 amide bonds. The van der Waals surface area contributed by atoms with Gasteiger partial charge in [-0.25, -0.2) is 16.8 Å². The summed E-state index contributed by atoms with van der Waals surface area (Å²) >= 11 is 11.7. The number of hydrogen-bond donors (Lipinski definition) is 0. The van der Waals surface area contributed by atoms with Gasteiger partial charge >= 0.3 is 0 Å². The van der Waals surface area contributed by atoms with Crippen LogP contribution in [0.2, 0.25) is 0 Å².